The van der Waals surface area contributed by atoms with E-state index in [1.165, 1.54) is 0 Å². The highest BCUT2D eigenvalue weighted by molar-refractivity contribution is 5.96. The van der Waals surface area contributed by atoms with Gasteiger partial charge in [0, 0.05) is 17.1 Å². The summed E-state index contributed by atoms with van der Waals surface area (Å²) in [6.07, 6.45) is 1.98. The molecule has 0 fully saturated rings. The van der Waals surface area contributed by atoms with E-state index in [1.54, 1.807) is 13.1 Å². The Hall–Kier alpha value is -3.93. The zero-order valence-electron chi connectivity index (χ0n) is 19.7. The molecule has 0 saturated heterocycles. The first-order valence-electron chi connectivity index (χ1n) is 11.2. The van der Waals surface area contributed by atoms with Crippen LogP contribution in [-0.2, 0) is 30.4 Å². The lowest BCUT2D eigenvalue weighted by molar-refractivity contribution is -0.139. The maximum Gasteiger partial charge on any atom is 0.322 e. The van der Waals surface area contributed by atoms with Gasteiger partial charge >= 0.3 is 5.97 Å². The van der Waals surface area contributed by atoms with E-state index in [0.29, 0.717) is 6.42 Å². The second-order valence-corrected chi connectivity index (χ2v) is 8.39. The molecular formula is C23H32N6O6. The van der Waals surface area contributed by atoms with Crippen molar-refractivity contribution >= 4 is 40.5 Å². The summed E-state index contributed by atoms with van der Waals surface area (Å²) >= 11 is 0. The van der Waals surface area contributed by atoms with Crippen LogP contribution in [0.15, 0.2) is 30.5 Å². The van der Waals surface area contributed by atoms with Gasteiger partial charge in [0.05, 0.1) is 12.5 Å². The Bertz CT molecular complexity index is 1080. The van der Waals surface area contributed by atoms with Crippen molar-refractivity contribution in [1.29, 1.82) is 0 Å². The normalized spacial score (nSPS) is 14.4. The predicted octanol–water partition coefficient (Wildman–Crippen LogP) is -0.870. The number of primary amides is 1. The molecule has 190 valence electrons. The van der Waals surface area contributed by atoms with Crippen LogP contribution in [0.3, 0.4) is 0 Å². The van der Waals surface area contributed by atoms with Crippen molar-refractivity contribution < 1.29 is 29.1 Å². The number of para-hydroxylation sites is 1. The van der Waals surface area contributed by atoms with Crippen molar-refractivity contribution in [3.8, 4) is 0 Å². The number of carboxylic acids is 1. The van der Waals surface area contributed by atoms with E-state index in [9.17, 15) is 24.0 Å². The minimum absolute atomic E-state index is 0.229. The van der Waals surface area contributed by atoms with Gasteiger partial charge in [0.1, 0.15) is 18.6 Å². The van der Waals surface area contributed by atoms with E-state index in [2.05, 4.69) is 20.9 Å². The number of rotatable bonds is 13. The molecule has 0 radical (unpaired) electrons. The fourth-order valence-corrected chi connectivity index (χ4v) is 3.55. The van der Waals surface area contributed by atoms with Gasteiger partial charge in [-0.3, -0.25) is 24.0 Å². The van der Waals surface area contributed by atoms with Gasteiger partial charge in [-0.15, -0.1) is 0 Å². The lowest BCUT2D eigenvalue weighted by Gasteiger charge is -2.27. The molecule has 4 amide bonds. The predicted molar refractivity (Wildman–Crippen MR) is 128 cm³/mol. The van der Waals surface area contributed by atoms with Gasteiger partial charge in [-0.25, -0.2) is 0 Å². The summed E-state index contributed by atoms with van der Waals surface area (Å²) in [5.74, 6) is -4.66. The Balaban J connectivity index is 2.11. The molecule has 0 bridgehead atoms. The fraction of sp³-hybridized carbons (Fsp3) is 0.435. The summed E-state index contributed by atoms with van der Waals surface area (Å²) in [4.78, 5) is 63.4. The standard InChI is InChI=1S/C23H32N6O6/c1-3-12(2)20(23(35)28-17(9-18(25)30)22(34)27-11-19(31)32)29-21(33)15(24)8-13-10-26-16-7-5-4-6-14(13)16/h4-7,10,12,15,17,20,26H,3,8-9,11,24H2,1-2H3,(H2,25,30)(H,27,34)(H,28,35)(H,29,33)(H,31,32). The number of carboxylic acid groups (broad SMARTS) is 1. The average molecular weight is 489 g/mol. The van der Waals surface area contributed by atoms with E-state index in [-0.39, 0.29) is 12.3 Å². The van der Waals surface area contributed by atoms with Crippen molar-refractivity contribution in [2.75, 3.05) is 6.54 Å². The number of fused-ring (bicyclic) bond motifs is 1. The SMILES string of the molecule is CCC(C)C(NC(=O)C(N)Cc1c[nH]c2ccccc12)C(=O)NC(CC(N)=O)C(=O)NCC(=O)O. The summed E-state index contributed by atoms with van der Waals surface area (Å²) in [5, 5.41) is 16.8. The third kappa shape index (κ3) is 7.81. The molecule has 12 nitrogen and oxygen atoms in total. The summed E-state index contributed by atoms with van der Waals surface area (Å²) in [5.41, 5.74) is 13.1. The molecule has 1 aromatic heterocycles. The Labute approximate surface area is 202 Å². The maximum atomic E-state index is 13.0. The van der Waals surface area contributed by atoms with Gasteiger partial charge in [0.2, 0.25) is 23.6 Å². The molecule has 0 aliphatic carbocycles. The zero-order chi connectivity index (χ0) is 26.1. The maximum absolute atomic E-state index is 13.0. The Morgan fingerprint density at radius 2 is 1.74 bits per heavy atom. The largest absolute Gasteiger partial charge is 0.480 e. The van der Waals surface area contributed by atoms with E-state index < -0.39 is 60.7 Å². The van der Waals surface area contributed by atoms with Gasteiger partial charge < -0.3 is 37.5 Å². The number of amides is 4. The van der Waals surface area contributed by atoms with E-state index >= 15 is 0 Å². The van der Waals surface area contributed by atoms with Gasteiger partial charge in [-0.05, 0) is 24.0 Å². The summed E-state index contributed by atoms with van der Waals surface area (Å²) in [6, 6.07) is 4.18. The van der Waals surface area contributed by atoms with Gasteiger partial charge in [-0.2, -0.15) is 0 Å². The number of aromatic nitrogens is 1. The molecule has 2 aromatic rings. The fourth-order valence-electron chi connectivity index (χ4n) is 3.55. The van der Waals surface area contributed by atoms with Crippen molar-refractivity contribution in [2.24, 2.45) is 17.4 Å². The summed E-state index contributed by atoms with van der Waals surface area (Å²) in [6.45, 7) is 2.87. The van der Waals surface area contributed by atoms with E-state index in [0.717, 1.165) is 16.5 Å². The number of aromatic amines is 1. The molecule has 0 spiro atoms. The highest BCUT2D eigenvalue weighted by Gasteiger charge is 2.32. The third-order valence-corrected chi connectivity index (χ3v) is 5.70. The monoisotopic (exact) mass is 488 g/mol. The molecule has 0 aliphatic heterocycles. The Morgan fingerprint density at radius 3 is 2.37 bits per heavy atom. The molecule has 1 aromatic carbocycles. The summed E-state index contributed by atoms with van der Waals surface area (Å²) < 4.78 is 0. The van der Waals surface area contributed by atoms with Crippen molar-refractivity contribution in [2.45, 2.75) is 51.2 Å². The Kier molecular flexibility index (Phi) is 9.76. The number of nitrogens with two attached hydrogens (primary N) is 2. The first kappa shape index (κ1) is 27.3. The smallest absolute Gasteiger partial charge is 0.322 e. The van der Waals surface area contributed by atoms with Crippen molar-refractivity contribution in [1.82, 2.24) is 20.9 Å². The molecule has 12 heteroatoms. The van der Waals surface area contributed by atoms with Gasteiger partial charge in [0.25, 0.3) is 0 Å². The second-order valence-electron chi connectivity index (χ2n) is 8.39. The van der Waals surface area contributed by atoms with Crippen LogP contribution in [0.1, 0.15) is 32.3 Å². The molecule has 4 atom stereocenters. The number of aliphatic carboxylic acids is 1. The number of benzene rings is 1. The van der Waals surface area contributed by atoms with Crippen LogP contribution in [0.4, 0.5) is 0 Å². The molecule has 9 N–H and O–H groups in total. The molecule has 35 heavy (non-hydrogen) atoms. The van der Waals surface area contributed by atoms with Crippen LogP contribution in [0, 0.1) is 5.92 Å². The molecule has 4 unspecified atom stereocenters. The van der Waals surface area contributed by atoms with Gasteiger partial charge in [-0.1, -0.05) is 38.5 Å². The third-order valence-electron chi connectivity index (χ3n) is 5.70. The number of nitrogens with one attached hydrogen (secondary N) is 4. The number of carbonyl (C=O) groups is 5. The van der Waals surface area contributed by atoms with Crippen LogP contribution in [0.25, 0.3) is 10.9 Å². The quantitative estimate of drug-likeness (QED) is 0.189. The van der Waals surface area contributed by atoms with Crippen molar-refractivity contribution in [3.05, 3.63) is 36.0 Å². The number of hydrogen-bond acceptors (Lipinski definition) is 6. The van der Waals surface area contributed by atoms with Gasteiger partial charge in [0.15, 0.2) is 0 Å². The number of H-pyrrole nitrogens is 1. The molecule has 2 rings (SSSR count). The van der Waals surface area contributed by atoms with Crippen LogP contribution in [-0.4, -0.2) is 64.4 Å². The topological polar surface area (TPSA) is 209 Å². The zero-order valence-corrected chi connectivity index (χ0v) is 19.7. The number of carbonyl (C=O) groups excluding carboxylic acids is 4. The molecule has 0 saturated carbocycles. The van der Waals surface area contributed by atoms with Crippen molar-refractivity contribution in [3.63, 3.8) is 0 Å². The first-order chi connectivity index (χ1) is 16.5. The van der Waals surface area contributed by atoms with Crippen LogP contribution in [0.5, 0.6) is 0 Å². The minimum atomic E-state index is -1.40. The highest BCUT2D eigenvalue weighted by Crippen LogP contribution is 2.19. The van der Waals surface area contributed by atoms with E-state index in [4.69, 9.17) is 16.6 Å². The Morgan fingerprint density at radius 1 is 1.06 bits per heavy atom. The highest BCUT2D eigenvalue weighted by atomic mass is 16.4. The minimum Gasteiger partial charge on any atom is -0.480 e. The first-order valence-corrected chi connectivity index (χ1v) is 11.2. The lowest BCUT2D eigenvalue weighted by Crippen LogP contribution is -2.58. The van der Waals surface area contributed by atoms with Crippen LogP contribution in [0.2, 0.25) is 0 Å². The van der Waals surface area contributed by atoms with E-state index in [1.807, 2.05) is 31.2 Å². The average Bonchev–Trinajstić information content (AvgIpc) is 3.22. The second kappa shape index (κ2) is 12.5. The van der Waals surface area contributed by atoms with Crippen LogP contribution >= 0.6 is 0 Å². The summed E-state index contributed by atoms with van der Waals surface area (Å²) in [7, 11) is 0. The molecule has 0 aliphatic rings. The number of hydrogen-bond donors (Lipinski definition) is 7. The molecule has 1 heterocycles. The van der Waals surface area contributed by atoms with Crippen LogP contribution < -0.4 is 27.4 Å². The lowest BCUT2D eigenvalue weighted by atomic mass is 9.96. The molecular weight excluding hydrogens is 456 g/mol.